The summed E-state index contributed by atoms with van der Waals surface area (Å²) in [5.41, 5.74) is 0. The summed E-state index contributed by atoms with van der Waals surface area (Å²) in [4.78, 5) is 24.0. The molecule has 1 heterocycles. The lowest BCUT2D eigenvalue weighted by Gasteiger charge is -2.24. The number of carboxylic acids is 1. The molecule has 18 heavy (non-hydrogen) atoms. The van der Waals surface area contributed by atoms with Crippen molar-refractivity contribution in [2.45, 2.75) is 38.5 Å². The van der Waals surface area contributed by atoms with Gasteiger partial charge in [0.05, 0.1) is 18.8 Å². The van der Waals surface area contributed by atoms with Crippen molar-refractivity contribution in [2.24, 2.45) is 0 Å². The summed E-state index contributed by atoms with van der Waals surface area (Å²) in [6, 6.07) is -1.64. The Morgan fingerprint density at radius 1 is 1.56 bits per heavy atom. The van der Waals surface area contributed by atoms with E-state index in [1.807, 2.05) is 6.92 Å². The number of aliphatic carboxylic acids is 1. The van der Waals surface area contributed by atoms with E-state index < -0.39 is 24.1 Å². The zero-order valence-corrected chi connectivity index (χ0v) is 10.6. The van der Waals surface area contributed by atoms with Crippen molar-refractivity contribution in [3.63, 3.8) is 0 Å². The predicted molar refractivity (Wildman–Crippen MR) is 63.2 cm³/mol. The lowest BCUT2D eigenvalue weighted by Crippen LogP contribution is -2.49. The highest BCUT2D eigenvalue weighted by molar-refractivity contribution is 5.83. The van der Waals surface area contributed by atoms with Crippen molar-refractivity contribution in [1.82, 2.24) is 10.2 Å². The standard InChI is InChI=1S/C11H20N2O5/c1-3-18-6-7(2)12-11(17)13-5-8(14)4-9(13)10(15)16/h7-9,14H,3-6H2,1-2H3,(H,12,17)(H,15,16)/t7?,8-,9-/m1/s1. The molecule has 1 saturated heterocycles. The number of hydrogen-bond acceptors (Lipinski definition) is 4. The number of rotatable bonds is 5. The van der Waals surface area contributed by atoms with Gasteiger partial charge in [0.1, 0.15) is 6.04 Å². The smallest absolute Gasteiger partial charge is 0.326 e. The number of urea groups is 1. The highest BCUT2D eigenvalue weighted by Gasteiger charge is 2.39. The zero-order chi connectivity index (χ0) is 13.7. The Labute approximate surface area is 106 Å². The third-order valence-electron chi connectivity index (χ3n) is 2.77. The van der Waals surface area contributed by atoms with Crippen molar-refractivity contribution in [3.05, 3.63) is 0 Å². The van der Waals surface area contributed by atoms with E-state index >= 15 is 0 Å². The van der Waals surface area contributed by atoms with Gasteiger partial charge in [-0.1, -0.05) is 0 Å². The van der Waals surface area contributed by atoms with Gasteiger partial charge >= 0.3 is 12.0 Å². The van der Waals surface area contributed by atoms with Crippen LogP contribution in [-0.4, -0.2) is 65.1 Å². The summed E-state index contributed by atoms with van der Waals surface area (Å²) >= 11 is 0. The first kappa shape index (κ1) is 14.7. The van der Waals surface area contributed by atoms with E-state index in [-0.39, 0.29) is 19.0 Å². The number of amides is 2. The Hall–Kier alpha value is -1.34. The molecule has 0 spiro atoms. The third kappa shape index (κ3) is 3.85. The van der Waals surface area contributed by atoms with Crippen LogP contribution in [0.2, 0.25) is 0 Å². The number of likely N-dealkylation sites (tertiary alicyclic amines) is 1. The fourth-order valence-electron chi connectivity index (χ4n) is 1.90. The summed E-state index contributed by atoms with van der Waals surface area (Å²) < 4.78 is 5.16. The maximum atomic E-state index is 11.9. The molecule has 0 aromatic heterocycles. The quantitative estimate of drug-likeness (QED) is 0.627. The number of ether oxygens (including phenoxy) is 1. The van der Waals surface area contributed by atoms with E-state index in [1.165, 1.54) is 0 Å². The first-order valence-electron chi connectivity index (χ1n) is 6.01. The van der Waals surface area contributed by atoms with Gasteiger partial charge in [0.2, 0.25) is 0 Å². The van der Waals surface area contributed by atoms with Crippen molar-refractivity contribution in [2.75, 3.05) is 19.8 Å². The van der Waals surface area contributed by atoms with Crippen molar-refractivity contribution < 1.29 is 24.5 Å². The second-order valence-electron chi connectivity index (χ2n) is 4.41. The molecule has 0 radical (unpaired) electrons. The molecule has 1 rings (SSSR count). The summed E-state index contributed by atoms with van der Waals surface area (Å²) in [5, 5.41) is 21.1. The number of aliphatic hydroxyl groups excluding tert-OH is 1. The van der Waals surface area contributed by atoms with Crippen LogP contribution in [0.25, 0.3) is 0 Å². The largest absolute Gasteiger partial charge is 0.480 e. The molecule has 1 aliphatic heterocycles. The summed E-state index contributed by atoms with van der Waals surface area (Å²) in [5.74, 6) is -1.10. The molecule has 1 aliphatic rings. The highest BCUT2D eigenvalue weighted by Crippen LogP contribution is 2.18. The Balaban J connectivity index is 2.52. The van der Waals surface area contributed by atoms with Crippen molar-refractivity contribution in [3.8, 4) is 0 Å². The zero-order valence-electron chi connectivity index (χ0n) is 10.6. The first-order chi connectivity index (χ1) is 8.45. The maximum Gasteiger partial charge on any atom is 0.326 e. The van der Waals surface area contributed by atoms with Crippen LogP contribution in [0.1, 0.15) is 20.3 Å². The van der Waals surface area contributed by atoms with Gasteiger partial charge in [0.25, 0.3) is 0 Å². The summed E-state index contributed by atoms with van der Waals surface area (Å²) in [6.45, 7) is 4.60. The van der Waals surface area contributed by atoms with Crippen molar-refractivity contribution >= 4 is 12.0 Å². The Bertz CT molecular complexity index is 310. The normalized spacial score (nSPS) is 24.9. The topological polar surface area (TPSA) is 99.1 Å². The van der Waals surface area contributed by atoms with Crippen LogP contribution in [0.3, 0.4) is 0 Å². The average molecular weight is 260 g/mol. The second kappa shape index (κ2) is 6.55. The molecule has 2 amide bonds. The second-order valence-corrected chi connectivity index (χ2v) is 4.41. The molecule has 0 saturated carbocycles. The fraction of sp³-hybridized carbons (Fsp3) is 0.818. The van der Waals surface area contributed by atoms with E-state index in [0.717, 1.165) is 4.90 Å². The Morgan fingerprint density at radius 2 is 2.22 bits per heavy atom. The maximum absolute atomic E-state index is 11.9. The van der Waals surface area contributed by atoms with Crippen LogP contribution < -0.4 is 5.32 Å². The van der Waals surface area contributed by atoms with E-state index in [2.05, 4.69) is 5.32 Å². The van der Waals surface area contributed by atoms with Gasteiger partial charge in [0, 0.05) is 19.6 Å². The molecular formula is C11H20N2O5. The monoisotopic (exact) mass is 260 g/mol. The van der Waals surface area contributed by atoms with Crippen molar-refractivity contribution in [1.29, 1.82) is 0 Å². The molecule has 0 aromatic carbocycles. The highest BCUT2D eigenvalue weighted by atomic mass is 16.5. The SMILES string of the molecule is CCOCC(C)NC(=O)N1C[C@H](O)C[C@@H]1C(=O)O. The Kier molecular flexibility index (Phi) is 5.36. The molecule has 7 heteroatoms. The van der Waals surface area contributed by atoms with E-state index in [1.54, 1.807) is 6.92 Å². The van der Waals surface area contributed by atoms with E-state index in [9.17, 15) is 14.7 Å². The molecule has 1 fully saturated rings. The Morgan fingerprint density at radius 3 is 2.78 bits per heavy atom. The van der Waals surface area contributed by atoms with Crippen LogP contribution in [0.15, 0.2) is 0 Å². The molecule has 3 N–H and O–H groups in total. The number of carbonyl (C=O) groups excluding carboxylic acids is 1. The van der Waals surface area contributed by atoms with Gasteiger partial charge in [-0.05, 0) is 13.8 Å². The van der Waals surface area contributed by atoms with Crippen LogP contribution >= 0.6 is 0 Å². The van der Waals surface area contributed by atoms with Gasteiger partial charge in [0.15, 0.2) is 0 Å². The van der Waals surface area contributed by atoms with Gasteiger partial charge in [-0.25, -0.2) is 9.59 Å². The number of β-amino-alcohol motifs (C(OH)–C–C–N with tert-alkyl or cyclic N) is 1. The first-order valence-corrected chi connectivity index (χ1v) is 6.01. The van der Waals surface area contributed by atoms with Crippen LogP contribution in [0.5, 0.6) is 0 Å². The lowest BCUT2D eigenvalue weighted by atomic mass is 10.2. The fourth-order valence-corrected chi connectivity index (χ4v) is 1.90. The molecule has 0 aliphatic carbocycles. The molecule has 104 valence electrons. The van der Waals surface area contributed by atoms with Gasteiger partial charge in [-0.3, -0.25) is 0 Å². The van der Waals surface area contributed by atoms with E-state index in [0.29, 0.717) is 13.2 Å². The summed E-state index contributed by atoms with van der Waals surface area (Å²) in [7, 11) is 0. The average Bonchev–Trinajstić information content (AvgIpc) is 2.69. The lowest BCUT2D eigenvalue weighted by molar-refractivity contribution is -0.141. The molecule has 1 unspecified atom stereocenters. The number of nitrogens with zero attached hydrogens (tertiary/aromatic N) is 1. The minimum Gasteiger partial charge on any atom is -0.480 e. The number of aliphatic hydroxyl groups is 1. The van der Waals surface area contributed by atoms with Gasteiger partial charge in [-0.2, -0.15) is 0 Å². The van der Waals surface area contributed by atoms with Crippen LogP contribution in [0, 0.1) is 0 Å². The number of carbonyl (C=O) groups is 2. The summed E-state index contributed by atoms with van der Waals surface area (Å²) in [6.07, 6.45) is -0.707. The predicted octanol–water partition coefficient (Wildman–Crippen LogP) is -0.359. The molecule has 0 bridgehead atoms. The molecule has 3 atom stereocenters. The van der Waals surface area contributed by atoms with Crippen LogP contribution in [-0.2, 0) is 9.53 Å². The van der Waals surface area contributed by atoms with Crippen LogP contribution in [0.4, 0.5) is 4.79 Å². The number of nitrogens with one attached hydrogen (secondary N) is 1. The van der Waals surface area contributed by atoms with Gasteiger partial charge < -0.3 is 25.2 Å². The van der Waals surface area contributed by atoms with Gasteiger partial charge in [-0.15, -0.1) is 0 Å². The molecule has 7 nitrogen and oxygen atoms in total. The molecular weight excluding hydrogens is 240 g/mol. The minimum absolute atomic E-state index is 0.0458. The third-order valence-corrected chi connectivity index (χ3v) is 2.77. The number of carboxylic acid groups (broad SMARTS) is 1. The number of hydrogen-bond donors (Lipinski definition) is 3. The van der Waals surface area contributed by atoms with E-state index in [4.69, 9.17) is 9.84 Å². The minimum atomic E-state index is -1.10. The molecule has 0 aromatic rings.